The Morgan fingerprint density at radius 3 is 2.26 bits per heavy atom. The molecule has 0 unspecified atom stereocenters. The second-order valence-corrected chi connectivity index (χ2v) is 5.87. The summed E-state index contributed by atoms with van der Waals surface area (Å²) in [6.45, 7) is 3.83. The van der Waals surface area contributed by atoms with Crippen LogP contribution in [-0.2, 0) is 0 Å². The summed E-state index contributed by atoms with van der Waals surface area (Å²) in [5.41, 5.74) is 5.10. The van der Waals surface area contributed by atoms with Gasteiger partial charge < -0.3 is 21.1 Å². The van der Waals surface area contributed by atoms with E-state index in [1.807, 2.05) is 13.8 Å². The molecule has 0 aliphatic carbocycles. The quantitative estimate of drug-likeness (QED) is 0.676. The number of halogens is 2. The minimum absolute atomic E-state index is 0.0520. The van der Waals surface area contributed by atoms with Gasteiger partial charge in [-0.25, -0.2) is 13.6 Å². The average Bonchev–Trinajstić information content (AvgIpc) is 2.64. The Labute approximate surface area is 155 Å². The number of rotatable bonds is 7. The van der Waals surface area contributed by atoms with Gasteiger partial charge in [-0.3, -0.25) is 4.79 Å². The molecular weight excluding hydrogens is 356 g/mol. The minimum Gasteiger partial charge on any atom is -0.454 e. The van der Waals surface area contributed by atoms with E-state index in [1.54, 1.807) is 0 Å². The number of hydrogen-bond donors (Lipinski definition) is 3. The molecule has 4 N–H and O–H groups in total. The Balaban J connectivity index is 2.11. The van der Waals surface area contributed by atoms with Crippen LogP contribution in [0.15, 0.2) is 36.4 Å². The molecule has 144 valence electrons. The fourth-order valence-corrected chi connectivity index (χ4v) is 2.35. The average molecular weight is 377 g/mol. The van der Waals surface area contributed by atoms with E-state index in [2.05, 4.69) is 10.6 Å². The number of amides is 3. The van der Waals surface area contributed by atoms with Gasteiger partial charge in [-0.15, -0.1) is 0 Å². The monoisotopic (exact) mass is 377 g/mol. The van der Waals surface area contributed by atoms with Gasteiger partial charge in [0.15, 0.2) is 17.4 Å². The van der Waals surface area contributed by atoms with Crippen LogP contribution in [0.5, 0.6) is 11.5 Å². The second-order valence-electron chi connectivity index (χ2n) is 5.87. The van der Waals surface area contributed by atoms with Crippen molar-refractivity contribution in [3.8, 4) is 11.5 Å². The molecule has 0 spiro atoms. The number of benzene rings is 2. The predicted octanol–water partition coefficient (Wildman–Crippen LogP) is 4.17. The lowest BCUT2D eigenvalue weighted by Gasteiger charge is -2.16. The third-order valence-corrected chi connectivity index (χ3v) is 3.96. The van der Waals surface area contributed by atoms with E-state index in [-0.39, 0.29) is 28.8 Å². The van der Waals surface area contributed by atoms with Gasteiger partial charge in [0.25, 0.3) is 0 Å². The number of urea groups is 1. The molecule has 6 nitrogen and oxygen atoms in total. The van der Waals surface area contributed by atoms with Crippen LogP contribution >= 0.6 is 0 Å². The van der Waals surface area contributed by atoms with Crippen LogP contribution in [0.4, 0.5) is 19.3 Å². The van der Waals surface area contributed by atoms with Crippen molar-refractivity contribution in [3.63, 3.8) is 0 Å². The van der Waals surface area contributed by atoms with E-state index in [0.717, 1.165) is 25.0 Å². The molecule has 0 aliphatic heterocycles. The summed E-state index contributed by atoms with van der Waals surface area (Å²) in [7, 11) is 0. The summed E-state index contributed by atoms with van der Waals surface area (Å²) >= 11 is 0. The molecule has 3 amide bonds. The van der Waals surface area contributed by atoms with Crippen molar-refractivity contribution in [3.05, 3.63) is 53.6 Å². The number of primary amides is 1. The Morgan fingerprint density at radius 2 is 1.70 bits per heavy atom. The van der Waals surface area contributed by atoms with Gasteiger partial charge >= 0.3 is 6.03 Å². The zero-order valence-electron chi connectivity index (χ0n) is 15.0. The first-order valence-electron chi connectivity index (χ1n) is 8.48. The number of nitrogens with two attached hydrogens (primary N) is 1. The smallest absolute Gasteiger partial charge is 0.319 e. The molecule has 2 aromatic carbocycles. The van der Waals surface area contributed by atoms with Crippen LogP contribution in [-0.4, -0.2) is 18.0 Å². The molecule has 2 rings (SSSR count). The van der Waals surface area contributed by atoms with Gasteiger partial charge in [-0.05, 0) is 37.1 Å². The zero-order chi connectivity index (χ0) is 20.0. The fourth-order valence-electron chi connectivity index (χ4n) is 2.35. The van der Waals surface area contributed by atoms with E-state index in [9.17, 15) is 18.4 Å². The third kappa shape index (κ3) is 5.40. The highest BCUT2D eigenvalue weighted by Gasteiger charge is 2.15. The lowest BCUT2D eigenvalue weighted by Crippen LogP contribution is -2.37. The Bertz CT molecular complexity index is 822. The summed E-state index contributed by atoms with van der Waals surface area (Å²) in [5.74, 6) is -2.47. The molecule has 2 aromatic rings. The molecule has 0 atom stereocenters. The summed E-state index contributed by atoms with van der Waals surface area (Å²) in [4.78, 5) is 22.9. The van der Waals surface area contributed by atoms with Crippen LogP contribution in [0.3, 0.4) is 0 Å². The van der Waals surface area contributed by atoms with Gasteiger partial charge in [-0.2, -0.15) is 0 Å². The van der Waals surface area contributed by atoms with Gasteiger partial charge in [0.05, 0.1) is 5.69 Å². The number of ether oxygens (including phenoxy) is 1. The van der Waals surface area contributed by atoms with E-state index in [1.165, 1.54) is 24.3 Å². The molecular formula is C19H21F2N3O3. The number of nitrogens with one attached hydrogen (secondary N) is 2. The Morgan fingerprint density at radius 1 is 1.07 bits per heavy atom. The van der Waals surface area contributed by atoms with Crippen molar-refractivity contribution in [2.24, 2.45) is 5.73 Å². The highest BCUT2D eigenvalue weighted by Crippen LogP contribution is 2.29. The number of anilines is 1. The SMILES string of the molecule is CCC(CC)NC(=O)Nc1cc(F)c(Oc2ccc(C(N)=O)cc2)cc1F. The summed E-state index contributed by atoms with van der Waals surface area (Å²) in [6.07, 6.45) is 1.45. The van der Waals surface area contributed by atoms with E-state index in [4.69, 9.17) is 10.5 Å². The van der Waals surface area contributed by atoms with E-state index in [0.29, 0.717) is 0 Å². The maximum absolute atomic E-state index is 14.2. The largest absolute Gasteiger partial charge is 0.454 e. The summed E-state index contributed by atoms with van der Waals surface area (Å²) in [6, 6.07) is 6.65. The Hall–Kier alpha value is -3.16. The van der Waals surface area contributed by atoms with Gasteiger partial charge in [-0.1, -0.05) is 13.8 Å². The Kier molecular flexibility index (Phi) is 6.70. The fraction of sp³-hybridized carbons (Fsp3) is 0.263. The molecule has 0 heterocycles. The molecule has 27 heavy (non-hydrogen) atoms. The molecule has 0 bridgehead atoms. The molecule has 0 saturated heterocycles. The molecule has 0 saturated carbocycles. The third-order valence-electron chi connectivity index (χ3n) is 3.96. The van der Waals surface area contributed by atoms with Gasteiger partial charge in [0.1, 0.15) is 5.75 Å². The van der Waals surface area contributed by atoms with E-state index >= 15 is 0 Å². The highest BCUT2D eigenvalue weighted by atomic mass is 19.1. The maximum Gasteiger partial charge on any atom is 0.319 e. The lowest BCUT2D eigenvalue weighted by atomic mass is 10.2. The summed E-state index contributed by atoms with van der Waals surface area (Å²) in [5, 5.41) is 4.96. The van der Waals surface area contributed by atoms with Crippen molar-refractivity contribution in [1.82, 2.24) is 5.32 Å². The molecule has 0 radical (unpaired) electrons. The minimum atomic E-state index is -0.854. The molecule has 8 heteroatoms. The predicted molar refractivity (Wildman–Crippen MR) is 97.9 cm³/mol. The normalized spacial score (nSPS) is 10.6. The van der Waals surface area contributed by atoms with Gasteiger partial charge in [0.2, 0.25) is 5.91 Å². The number of carbonyl (C=O) groups excluding carboxylic acids is 2. The van der Waals surface area contributed by atoms with Crippen molar-refractivity contribution in [2.75, 3.05) is 5.32 Å². The number of carbonyl (C=O) groups is 2. The first-order chi connectivity index (χ1) is 12.8. The first kappa shape index (κ1) is 20.2. The van der Waals surface area contributed by atoms with Crippen molar-refractivity contribution < 1.29 is 23.1 Å². The van der Waals surface area contributed by atoms with Crippen LogP contribution < -0.4 is 21.1 Å². The van der Waals surface area contributed by atoms with Crippen LogP contribution in [0.25, 0.3) is 0 Å². The van der Waals surface area contributed by atoms with Gasteiger partial charge in [0, 0.05) is 23.7 Å². The second kappa shape index (κ2) is 8.98. The molecule has 0 aliphatic rings. The zero-order valence-corrected chi connectivity index (χ0v) is 15.0. The van der Waals surface area contributed by atoms with Crippen molar-refractivity contribution in [1.29, 1.82) is 0 Å². The topological polar surface area (TPSA) is 93.4 Å². The number of hydrogen-bond acceptors (Lipinski definition) is 3. The van der Waals surface area contributed by atoms with Crippen molar-refractivity contribution >= 4 is 17.6 Å². The molecule has 0 aromatic heterocycles. The van der Waals surface area contributed by atoms with Crippen LogP contribution in [0.2, 0.25) is 0 Å². The van der Waals surface area contributed by atoms with Crippen molar-refractivity contribution in [2.45, 2.75) is 32.7 Å². The lowest BCUT2D eigenvalue weighted by molar-refractivity contribution is 0.1000. The van der Waals surface area contributed by atoms with Crippen LogP contribution in [0, 0.1) is 11.6 Å². The summed E-state index contributed by atoms with van der Waals surface area (Å²) < 4.78 is 33.7. The van der Waals surface area contributed by atoms with Crippen LogP contribution in [0.1, 0.15) is 37.0 Å². The highest BCUT2D eigenvalue weighted by molar-refractivity contribution is 5.92. The maximum atomic E-state index is 14.2. The molecule has 0 fully saturated rings. The van der Waals surface area contributed by atoms with E-state index < -0.39 is 23.6 Å². The standard InChI is InChI=1S/C19H21F2N3O3/c1-3-12(4-2)23-19(26)24-16-9-15(21)17(10-14(16)20)27-13-7-5-11(6-8-13)18(22)25/h5-10,12H,3-4H2,1-2H3,(H2,22,25)(H2,23,24,26). The first-order valence-corrected chi connectivity index (χ1v) is 8.48.